The largest absolute Gasteiger partial charge is 0.465 e. The van der Waals surface area contributed by atoms with E-state index in [9.17, 15) is 9.59 Å². The number of ether oxygens (including phenoxy) is 1. The van der Waals surface area contributed by atoms with E-state index in [1.54, 1.807) is 13.8 Å². The minimum absolute atomic E-state index is 0.235. The summed E-state index contributed by atoms with van der Waals surface area (Å²) in [5.74, 6) is -0.349. The third kappa shape index (κ3) is 4.19. The van der Waals surface area contributed by atoms with Crippen LogP contribution in [0.15, 0.2) is 46.3 Å². The van der Waals surface area contributed by atoms with E-state index >= 15 is 0 Å². The van der Waals surface area contributed by atoms with Crippen LogP contribution in [0.4, 0.5) is 0 Å². The summed E-state index contributed by atoms with van der Waals surface area (Å²) in [7, 11) is 0. The highest BCUT2D eigenvalue weighted by molar-refractivity contribution is 8.00. The fraction of sp³-hybridized carbons (Fsp3) is 0.267. The highest BCUT2D eigenvalue weighted by Crippen LogP contribution is 2.33. The normalized spacial score (nSPS) is 11.9. The topological polar surface area (TPSA) is 72.0 Å². The summed E-state index contributed by atoms with van der Waals surface area (Å²) in [6.07, 6.45) is 0. The maximum atomic E-state index is 12.2. The predicted octanol–water partition coefficient (Wildman–Crippen LogP) is 2.47. The second-order valence-electron chi connectivity index (χ2n) is 4.35. The van der Waals surface area contributed by atoms with E-state index in [1.807, 2.05) is 30.3 Å². The summed E-state index contributed by atoms with van der Waals surface area (Å²) >= 11 is 1.18. The molecule has 2 aromatic rings. The number of hydrogen-bond donors (Lipinski definition) is 1. The first-order valence-corrected chi connectivity index (χ1v) is 7.44. The Bertz CT molecular complexity index is 670. The van der Waals surface area contributed by atoms with E-state index in [0.717, 1.165) is 5.56 Å². The number of carbonyl (C=O) groups excluding carboxylic acids is 1. The molecular formula is C15H16N2O3S. The highest BCUT2D eigenvalue weighted by Gasteiger charge is 2.24. The molecule has 6 heteroatoms. The van der Waals surface area contributed by atoms with Gasteiger partial charge in [0.15, 0.2) is 5.16 Å². The van der Waals surface area contributed by atoms with Gasteiger partial charge in [-0.3, -0.25) is 9.59 Å². The lowest BCUT2D eigenvalue weighted by atomic mass is 10.1. The minimum Gasteiger partial charge on any atom is -0.465 e. The second-order valence-corrected chi connectivity index (χ2v) is 5.45. The molecule has 0 fully saturated rings. The monoisotopic (exact) mass is 304 g/mol. The van der Waals surface area contributed by atoms with Crippen molar-refractivity contribution >= 4 is 17.7 Å². The van der Waals surface area contributed by atoms with E-state index in [-0.39, 0.29) is 11.5 Å². The number of nitrogens with zero attached hydrogens (tertiary/aromatic N) is 1. The van der Waals surface area contributed by atoms with E-state index in [0.29, 0.717) is 17.5 Å². The Morgan fingerprint density at radius 1 is 1.38 bits per heavy atom. The molecule has 1 aromatic heterocycles. The molecular weight excluding hydrogens is 288 g/mol. The number of H-pyrrole nitrogens is 1. The average Bonchev–Trinajstić information content (AvgIpc) is 2.45. The van der Waals surface area contributed by atoms with Crippen LogP contribution in [0.2, 0.25) is 0 Å². The van der Waals surface area contributed by atoms with E-state index in [2.05, 4.69) is 9.97 Å². The van der Waals surface area contributed by atoms with Crippen LogP contribution < -0.4 is 5.56 Å². The number of aromatic amines is 1. The van der Waals surface area contributed by atoms with Gasteiger partial charge in [-0.25, -0.2) is 4.98 Å². The van der Waals surface area contributed by atoms with Gasteiger partial charge in [-0.2, -0.15) is 0 Å². The number of thioether (sulfide) groups is 1. The first-order chi connectivity index (χ1) is 10.1. The summed E-state index contributed by atoms with van der Waals surface area (Å²) in [5, 5.41) is -0.155. The van der Waals surface area contributed by atoms with E-state index < -0.39 is 5.25 Å². The SMILES string of the molecule is CCOC(=O)C(Sc1nc(C)cc(=O)[nH]1)c1ccccc1. The Morgan fingerprint density at radius 2 is 2.10 bits per heavy atom. The second kappa shape index (κ2) is 7.08. The van der Waals surface area contributed by atoms with Crippen LogP contribution in [-0.4, -0.2) is 22.5 Å². The molecule has 2 rings (SSSR count). The zero-order valence-electron chi connectivity index (χ0n) is 11.8. The fourth-order valence-electron chi connectivity index (χ4n) is 1.82. The summed E-state index contributed by atoms with van der Waals surface area (Å²) in [4.78, 5) is 30.5. The van der Waals surface area contributed by atoms with E-state index in [1.165, 1.54) is 17.8 Å². The molecule has 0 aliphatic carbocycles. The molecule has 0 radical (unpaired) electrons. The third-order valence-corrected chi connectivity index (χ3v) is 3.80. The van der Waals surface area contributed by atoms with Gasteiger partial charge >= 0.3 is 5.97 Å². The predicted molar refractivity (Wildman–Crippen MR) is 81.3 cm³/mol. The Kier molecular flexibility index (Phi) is 5.16. The van der Waals surface area contributed by atoms with Gasteiger partial charge in [-0.05, 0) is 19.4 Å². The molecule has 0 amide bonds. The molecule has 0 aliphatic rings. The molecule has 0 aliphatic heterocycles. The zero-order valence-corrected chi connectivity index (χ0v) is 12.6. The Morgan fingerprint density at radius 3 is 2.71 bits per heavy atom. The van der Waals surface area contributed by atoms with Crippen molar-refractivity contribution in [1.29, 1.82) is 0 Å². The van der Waals surface area contributed by atoms with Crippen molar-refractivity contribution in [1.82, 2.24) is 9.97 Å². The summed E-state index contributed by atoms with van der Waals surface area (Å²) in [6, 6.07) is 10.7. The Labute approximate surface area is 126 Å². The molecule has 0 spiro atoms. The van der Waals surface area contributed by atoms with Gasteiger partial charge in [0.25, 0.3) is 5.56 Å². The van der Waals surface area contributed by atoms with Crippen molar-refractivity contribution in [2.45, 2.75) is 24.3 Å². The molecule has 110 valence electrons. The molecule has 1 N–H and O–H groups in total. The maximum absolute atomic E-state index is 12.2. The van der Waals surface area contributed by atoms with E-state index in [4.69, 9.17) is 4.74 Å². The summed E-state index contributed by atoms with van der Waals surface area (Å²) in [6.45, 7) is 3.80. The molecule has 0 saturated carbocycles. The molecule has 1 aromatic carbocycles. The van der Waals surface area contributed by atoms with Crippen LogP contribution in [0.25, 0.3) is 0 Å². The van der Waals surface area contributed by atoms with Gasteiger partial charge in [0.05, 0.1) is 6.61 Å². The molecule has 1 atom stereocenters. The molecule has 21 heavy (non-hydrogen) atoms. The van der Waals surface area contributed by atoms with Crippen molar-refractivity contribution in [3.8, 4) is 0 Å². The van der Waals surface area contributed by atoms with Gasteiger partial charge in [-0.1, -0.05) is 42.1 Å². The molecule has 1 unspecified atom stereocenters. The number of benzene rings is 1. The van der Waals surface area contributed by atoms with Gasteiger partial charge in [-0.15, -0.1) is 0 Å². The van der Waals surface area contributed by atoms with Crippen molar-refractivity contribution in [3.05, 3.63) is 58.0 Å². The summed E-state index contributed by atoms with van der Waals surface area (Å²) in [5.41, 5.74) is 1.18. The van der Waals surface area contributed by atoms with Crippen molar-refractivity contribution < 1.29 is 9.53 Å². The smallest absolute Gasteiger partial charge is 0.324 e. The van der Waals surface area contributed by atoms with Crippen LogP contribution in [0, 0.1) is 6.92 Å². The lowest BCUT2D eigenvalue weighted by Crippen LogP contribution is -2.15. The number of rotatable bonds is 5. The number of nitrogens with one attached hydrogen (secondary N) is 1. The summed E-state index contributed by atoms with van der Waals surface area (Å²) < 4.78 is 5.11. The average molecular weight is 304 g/mol. The quantitative estimate of drug-likeness (QED) is 0.522. The number of aromatic nitrogens is 2. The maximum Gasteiger partial charge on any atom is 0.324 e. The van der Waals surface area contributed by atoms with Crippen LogP contribution in [0.1, 0.15) is 23.4 Å². The van der Waals surface area contributed by atoms with Gasteiger partial charge in [0, 0.05) is 11.8 Å². The van der Waals surface area contributed by atoms with Gasteiger partial charge < -0.3 is 9.72 Å². The third-order valence-electron chi connectivity index (χ3n) is 2.68. The number of hydrogen-bond acceptors (Lipinski definition) is 5. The van der Waals surface area contributed by atoms with Crippen LogP contribution in [-0.2, 0) is 9.53 Å². The first kappa shape index (κ1) is 15.3. The van der Waals surface area contributed by atoms with Gasteiger partial charge in [0.2, 0.25) is 0 Å². The number of carbonyl (C=O) groups is 1. The Hall–Kier alpha value is -2.08. The standard InChI is InChI=1S/C15H16N2O3S/c1-3-20-14(19)13(11-7-5-4-6-8-11)21-15-16-10(2)9-12(18)17-15/h4-9,13H,3H2,1-2H3,(H,16,17,18). The lowest BCUT2D eigenvalue weighted by molar-refractivity contribution is -0.142. The van der Waals surface area contributed by atoms with Crippen molar-refractivity contribution in [2.24, 2.45) is 0 Å². The Balaban J connectivity index is 2.32. The first-order valence-electron chi connectivity index (χ1n) is 6.56. The van der Waals surface area contributed by atoms with Crippen molar-refractivity contribution in [2.75, 3.05) is 6.61 Å². The highest BCUT2D eigenvalue weighted by atomic mass is 32.2. The molecule has 5 nitrogen and oxygen atoms in total. The van der Waals surface area contributed by atoms with Gasteiger partial charge in [0.1, 0.15) is 5.25 Å². The molecule has 0 bridgehead atoms. The lowest BCUT2D eigenvalue weighted by Gasteiger charge is -2.15. The van der Waals surface area contributed by atoms with Crippen molar-refractivity contribution in [3.63, 3.8) is 0 Å². The molecule has 1 heterocycles. The minimum atomic E-state index is -0.559. The van der Waals surface area contributed by atoms with Crippen LogP contribution in [0.3, 0.4) is 0 Å². The fourth-order valence-corrected chi connectivity index (χ4v) is 2.85. The van der Waals surface area contributed by atoms with Crippen LogP contribution >= 0.6 is 11.8 Å². The number of esters is 1. The molecule has 0 saturated heterocycles. The number of aryl methyl sites for hydroxylation is 1. The van der Waals surface area contributed by atoms with Crippen LogP contribution in [0.5, 0.6) is 0 Å². The zero-order chi connectivity index (χ0) is 15.2.